The van der Waals surface area contributed by atoms with Gasteiger partial charge in [0.15, 0.2) is 0 Å². The molecule has 1 heterocycles. The standard InChI is InChI=1S/C24H25N2O3P/c1-29-23-14-12-20(13-15-23)24(16-19-27)30(28)25(21-8-4-2-5-9-21)17-18-26(30)22-10-6-3-7-11-22/h2-15,19,24H,16-18H2,1H3. The minimum Gasteiger partial charge on any atom is -0.497 e. The Kier molecular flexibility index (Phi) is 5.91. The van der Waals surface area contributed by atoms with Gasteiger partial charge in [-0.25, -0.2) is 0 Å². The molecule has 1 saturated heterocycles. The van der Waals surface area contributed by atoms with E-state index < -0.39 is 13.1 Å². The van der Waals surface area contributed by atoms with Crippen molar-refractivity contribution in [1.82, 2.24) is 0 Å². The van der Waals surface area contributed by atoms with Gasteiger partial charge < -0.3 is 18.9 Å². The SMILES string of the molecule is COc1ccc(C(CC=O)P2(=O)N(c3ccccc3)CCN2c2ccccc2)cc1. The van der Waals surface area contributed by atoms with Gasteiger partial charge in [0.1, 0.15) is 12.0 Å². The summed E-state index contributed by atoms with van der Waals surface area (Å²) in [6.07, 6.45) is 1.05. The number of rotatable bonds is 7. The Morgan fingerprint density at radius 3 is 1.80 bits per heavy atom. The molecule has 4 rings (SSSR count). The number of nitrogens with zero attached hydrogens (tertiary/aromatic N) is 2. The summed E-state index contributed by atoms with van der Waals surface area (Å²) < 4.78 is 24.3. The highest BCUT2D eigenvalue weighted by Gasteiger charge is 2.49. The van der Waals surface area contributed by atoms with Crippen LogP contribution in [0.1, 0.15) is 17.6 Å². The van der Waals surface area contributed by atoms with Crippen molar-refractivity contribution in [2.45, 2.75) is 12.1 Å². The summed E-state index contributed by atoms with van der Waals surface area (Å²) in [7, 11) is -1.60. The number of hydrogen-bond acceptors (Lipinski definition) is 3. The maximum Gasteiger partial charge on any atom is 0.270 e. The van der Waals surface area contributed by atoms with Crippen LogP contribution in [0.5, 0.6) is 5.75 Å². The summed E-state index contributed by atoms with van der Waals surface area (Å²) in [5, 5.41) is 0. The first-order valence-electron chi connectivity index (χ1n) is 10.0. The molecule has 0 saturated carbocycles. The van der Waals surface area contributed by atoms with E-state index in [1.165, 1.54) is 0 Å². The highest BCUT2D eigenvalue weighted by Crippen LogP contribution is 2.69. The van der Waals surface area contributed by atoms with Gasteiger partial charge in [-0.2, -0.15) is 0 Å². The second-order valence-electron chi connectivity index (χ2n) is 7.20. The number of aldehydes is 1. The third kappa shape index (κ3) is 3.61. The van der Waals surface area contributed by atoms with Crippen LogP contribution in [0, 0.1) is 0 Å². The average molecular weight is 420 g/mol. The van der Waals surface area contributed by atoms with Gasteiger partial charge in [-0.15, -0.1) is 0 Å². The van der Waals surface area contributed by atoms with Crippen LogP contribution in [0.3, 0.4) is 0 Å². The summed E-state index contributed by atoms with van der Waals surface area (Å²) in [5.41, 5.74) is 2.23. The number of anilines is 2. The van der Waals surface area contributed by atoms with Crippen LogP contribution in [0.2, 0.25) is 0 Å². The molecule has 6 heteroatoms. The number of carbonyl (C=O) groups is 1. The van der Waals surface area contributed by atoms with Gasteiger partial charge in [0, 0.05) is 30.9 Å². The molecular weight excluding hydrogens is 395 g/mol. The van der Waals surface area contributed by atoms with E-state index in [9.17, 15) is 9.36 Å². The average Bonchev–Trinajstić information content (AvgIpc) is 3.16. The zero-order valence-electron chi connectivity index (χ0n) is 16.9. The lowest BCUT2D eigenvalue weighted by Gasteiger charge is -2.37. The van der Waals surface area contributed by atoms with Crippen molar-refractivity contribution in [3.8, 4) is 5.75 Å². The fourth-order valence-electron chi connectivity index (χ4n) is 4.12. The molecule has 0 N–H and O–H groups in total. The molecule has 3 aromatic rings. The van der Waals surface area contributed by atoms with Crippen LogP contribution in [0.4, 0.5) is 11.4 Å². The van der Waals surface area contributed by atoms with Crippen molar-refractivity contribution in [1.29, 1.82) is 0 Å². The lowest BCUT2D eigenvalue weighted by molar-refractivity contribution is -0.107. The number of ether oxygens (including phenoxy) is 1. The zero-order chi connectivity index (χ0) is 21.0. The van der Waals surface area contributed by atoms with Gasteiger partial charge in [0.2, 0.25) is 0 Å². The Morgan fingerprint density at radius 2 is 1.37 bits per heavy atom. The van der Waals surface area contributed by atoms with Crippen molar-refractivity contribution in [3.05, 3.63) is 90.5 Å². The fraction of sp³-hybridized carbons (Fsp3) is 0.208. The fourth-order valence-corrected chi connectivity index (χ4v) is 7.65. The van der Waals surface area contributed by atoms with Gasteiger partial charge in [-0.1, -0.05) is 48.5 Å². The van der Waals surface area contributed by atoms with Crippen molar-refractivity contribution < 1.29 is 14.1 Å². The van der Waals surface area contributed by atoms with E-state index >= 15 is 0 Å². The van der Waals surface area contributed by atoms with Crippen LogP contribution in [0.15, 0.2) is 84.9 Å². The molecule has 3 aromatic carbocycles. The smallest absolute Gasteiger partial charge is 0.270 e. The first-order valence-corrected chi connectivity index (χ1v) is 11.7. The van der Waals surface area contributed by atoms with Crippen molar-refractivity contribution in [2.24, 2.45) is 0 Å². The first kappa shape index (κ1) is 20.2. The lowest BCUT2D eigenvalue weighted by atomic mass is 10.1. The molecule has 1 unspecified atom stereocenters. The van der Waals surface area contributed by atoms with Crippen LogP contribution < -0.4 is 14.1 Å². The Bertz CT molecular complexity index is 974. The number of para-hydroxylation sites is 2. The Morgan fingerprint density at radius 1 is 0.867 bits per heavy atom. The van der Waals surface area contributed by atoms with E-state index in [0.29, 0.717) is 13.1 Å². The topological polar surface area (TPSA) is 49.9 Å². The number of carbonyl (C=O) groups excluding carboxylic acids is 1. The molecular formula is C24H25N2O3P. The maximum absolute atomic E-state index is 15.0. The van der Waals surface area contributed by atoms with Gasteiger partial charge in [-0.05, 0) is 42.0 Å². The second-order valence-corrected chi connectivity index (χ2v) is 9.97. The summed E-state index contributed by atoms with van der Waals surface area (Å²) in [6.45, 7) is 1.25. The monoisotopic (exact) mass is 420 g/mol. The summed E-state index contributed by atoms with van der Waals surface area (Å²) >= 11 is 0. The minimum atomic E-state index is -3.21. The Hall–Kier alpha value is -3.04. The Balaban J connectivity index is 1.86. The molecule has 1 aliphatic rings. The molecule has 154 valence electrons. The van der Waals surface area contributed by atoms with Gasteiger partial charge in [0.05, 0.1) is 12.8 Å². The molecule has 0 amide bonds. The predicted molar refractivity (Wildman–Crippen MR) is 122 cm³/mol. The first-order chi connectivity index (χ1) is 14.7. The molecule has 0 aliphatic carbocycles. The number of hydrogen-bond donors (Lipinski definition) is 0. The van der Waals surface area contributed by atoms with E-state index in [0.717, 1.165) is 29.0 Å². The molecule has 0 radical (unpaired) electrons. The quantitative estimate of drug-likeness (QED) is 0.371. The molecule has 1 fully saturated rings. The highest BCUT2D eigenvalue weighted by atomic mass is 31.2. The van der Waals surface area contributed by atoms with Crippen LogP contribution in [-0.4, -0.2) is 26.5 Å². The molecule has 1 aliphatic heterocycles. The second kappa shape index (κ2) is 8.76. The summed E-state index contributed by atoms with van der Waals surface area (Å²) in [6, 6.07) is 27.2. The molecule has 1 atom stereocenters. The number of benzene rings is 3. The van der Waals surface area contributed by atoms with Crippen LogP contribution in [-0.2, 0) is 9.36 Å². The lowest BCUT2D eigenvalue weighted by Crippen LogP contribution is -2.24. The van der Waals surface area contributed by atoms with Crippen molar-refractivity contribution in [3.63, 3.8) is 0 Å². The summed E-state index contributed by atoms with van der Waals surface area (Å²) in [5.74, 6) is 0.730. The molecule has 0 spiro atoms. The largest absolute Gasteiger partial charge is 0.497 e. The molecule has 30 heavy (non-hydrogen) atoms. The third-order valence-corrected chi connectivity index (χ3v) is 9.12. The van der Waals surface area contributed by atoms with E-state index in [1.54, 1.807) is 7.11 Å². The van der Waals surface area contributed by atoms with E-state index in [-0.39, 0.29) is 6.42 Å². The highest BCUT2D eigenvalue weighted by molar-refractivity contribution is 7.68. The van der Waals surface area contributed by atoms with E-state index in [1.807, 2.05) is 94.3 Å². The van der Waals surface area contributed by atoms with Gasteiger partial charge in [-0.3, -0.25) is 4.57 Å². The van der Waals surface area contributed by atoms with Crippen molar-refractivity contribution in [2.75, 3.05) is 29.5 Å². The molecule has 5 nitrogen and oxygen atoms in total. The van der Waals surface area contributed by atoms with Crippen LogP contribution in [0.25, 0.3) is 0 Å². The van der Waals surface area contributed by atoms with E-state index in [2.05, 4.69) is 0 Å². The predicted octanol–water partition coefficient (Wildman–Crippen LogP) is 5.55. The van der Waals surface area contributed by atoms with Crippen molar-refractivity contribution >= 4 is 25.1 Å². The third-order valence-electron chi connectivity index (χ3n) is 5.55. The maximum atomic E-state index is 15.0. The van der Waals surface area contributed by atoms with Crippen LogP contribution >= 0.6 is 7.44 Å². The van der Waals surface area contributed by atoms with E-state index in [4.69, 9.17) is 4.74 Å². The summed E-state index contributed by atoms with van der Waals surface area (Å²) in [4.78, 5) is 11.7. The molecule has 0 aromatic heterocycles. The van der Waals surface area contributed by atoms with Gasteiger partial charge in [0.25, 0.3) is 7.44 Å². The van der Waals surface area contributed by atoms with Gasteiger partial charge >= 0.3 is 0 Å². The molecule has 0 bridgehead atoms. The number of methoxy groups -OCH3 is 1. The minimum absolute atomic E-state index is 0.177. The Labute approximate surface area is 177 Å². The normalized spacial score (nSPS) is 16.3. The zero-order valence-corrected chi connectivity index (χ0v) is 17.8.